The highest BCUT2D eigenvalue weighted by atomic mass is 32.2. The number of benzene rings is 1. The molecule has 0 amide bonds. The second kappa shape index (κ2) is 6.27. The van der Waals surface area contributed by atoms with Crippen LogP contribution in [0.4, 0.5) is 0 Å². The lowest BCUT2D eigenvalue weighted by Crippen LogP contribution is -2.04. The molecule has 0 spiro atoms. The maximum atomic E-state index is 12.5. The molecular weight excluding hydrogens is 298 g/mol. The number of hydrogen-bond acceptors (Lipinski definition) is 4. The number of ether oxygens (including phenoxy) is 1. The van der Waals surface area contributed by atoms with Crippen molar-refractivity contribution < 1.29 is 8.95 Å². The summed E-state index contributed by atoms with van der Waals surface area (Å²) in [6.45, 7) is 4.46. The van der Waals surface area contributed by atoms with Crippen molar-refractivity contribution in [2.45, 2.75) is 24.8 Å². The largest absolute Gasteiger partial charge is 0.493 e. The Morgan fingerprint density at radius 2 is 2.09 bits per heavy atom. The van der Waals surface area contributed by atoms with Gasteiger partial charge in [0, 0.05) is 11.8 Å². The molecule has 0 bridgehead atoms. The summed E-state index contributed by atoms with van der Waals surface area (Å²) in [4.78, 5) is 11.8. The van der Waals surface area contributed by atoms with Crippen LogP contribution in [0.2, 0.25) is 0 Å². The average Bonchev–Trinajstić information content (AvgIpc) is 2.95. The molecule has 0 radical (unpaired) electrons. The van der Waals surface area contributed by atoms with Crippen molar-refractivity contribution in [2.24, 2.45) is 0 Å². The zero-order valence-electron chi connectivity index (χ0n) is 12.5. The summed E-state index contributed by atoms with van der Waals surface area (Å²) in [6, 6.07) is 9.47. The van der Waals surface area contributed by atoms with Gasteiger partial charge in [-0.15, -0.1) is 0 Å². The van der Waals surface area contributed by atoms with Gasteiger partial charge in [-0.1, -0.05) is 12.1 Å². The van der Waals surface area contributed by atoms with Crippen molar-refractivity contribution in [1.29, 1.82) is 0 Å². The zero-order chi connectivity index (χ0) is 15.5. The van der Waals surface area contributed by atoms with Crippen molar-refractivity contribution >= 4 is 21.8 Å². The fraction of sp³-hybridized carbons (Fsp3) is 0.250. The van der Waals surface area contributed by atoms with Gasteiger partial charge in [-0.25, -0.2) is 4.98 Å². The van der Waals surface area contributed by atoms with Crippen LogP contribution in [0.15, 0.2) is 41.7 Å². The van der Waals surface area contributed by atoms with Crippen LogP contribution in [0, 0.1) is 6.92 Å². The van der Waals surface area contributed by atoms with Crippen LogP contribution in [-0.4, -0.2) is 25.8 Å². The molecule has 6 heteroatoms. The number of aromatic nitrogens is 3. The van der Waals surface area contributed by atoms with Gasteiger partial charge in [0.15, 0.2) is 5.16 Å². The molecule has 3 aromatic rings. The summed E-state index contributed by atoms with van der Waals surface area (Å²) in [6.07, 6.45) is 1.68. The van der Waals surface area contributed by atoms with Gasteiger partial charge in [0.25, 0.3) is 0 Å². The van der Waals surface area contributed by atoms with E-state index in [1.165, 1.54) is 0 Å². The van der Waals surface area contributed by atoms with Gasteiger partial charge in [0.1, 0.15) is 5.75 Å². The Morgan fingerprint density at radius 3 is 2.86 bits per heavy atom. The Morgan fingerprint density at radius 1 is 1.27 bits per heavy atom. The van der Waals surface area contributed by atoms with Crippen LogP contribution < -0.4 is 4.74 Å². The molecule has 2 heterocycles. The summed E-state index contributed by atoms with van der Waals surface area (Å²) in [5, 5.41) is 0.476. The van der Waals surface area contributed by atoms with E-state index in [0.717, 1.165) is 28.0 Å². The minimum absolute atomic E-state index is 0.312. The van der Waals surface area contributed by atoms with Crippen molar-refractivity contribution in [3.63, 3.8) is 0 Å². The maximum absolute atomic E-state index is 12.5. The molecule has 22 heavy (non-hydrogen) atoms. The number of nitrogens with one attached hydrogen (secondary N) is 1. The smallest absolute Gasteiger partial charge is 0.197 e. The van der Waals surface area contributed by atoms with Crippen LogP contribution in [0.5, 0.6) is 5.75 Å². The molecule has 0 fully saturated rings. The van der Waals surface area contributed by atoms with E-state index in [4.69, 9.17) is 4.74 Å². The van der Waals surface area contributed by atoms with Crippen LogP contribution in [0.3, 0.4) is 0 Å². The number of hydrogen-bond donors (Lipinski definition) is 1. The number of H-pyrrole nitrogens is 1. The van der Waals surface area contributed by atoms with E-state index in [2.05, 4.69) is 15.0 Å². The molecule has 1 atom stereocenters. The minimum Gasteiger partial charge on any atom is -0.493 e. The molecule has 0 saturated carbocycles. The second-order valence-corrected chi connectivity index (χ2v) is 6.23. The predicted octanol–water partition coefficient (Wildman–Crippen LogP) is 2.97. The molecule has 5 nitrogen and oxygen atoms in total. The molecule has 3 rings (SSSR count). The third-order valence-electron chi connectivity index (χ3n) is 3.41. The number of fused-ring (bicyclic) bond motifs is 1. The van der Waals surface area contributed by atoms with Gasteiger partial charge < -0.3 is 9.72 Å². The Balaban J connectivity index is 1.86. The van der Waals surface area contributed by atoms with Gasteiger partial charge in [-0.3, -0.25) is 9.19 Å². The number of aromatic amines is 1. The molecule has 1 N–H and O–H groups in total. The third-order valence-corrected chi connectivity index (χ3v) is 4.57. The summed E-state index contributed by atoms with van der Waals surface area (Å²) >= 11 is 0. The molecule has 0 aliphatic rings. The second-order valence-electron chi connectivity index (χ2n) is 4.86. The monoisotopic (exact) mass is 315 g/mol. The predicted molar refractivity (Wildman–Crippen MR) is 86.3 cm³/mol. The first-order valence-corrected chi connectivity index (χ1v) is 8.41. The van der Waals surface area contributed by atoms with Crippen LogP contribution >= 0.6 is 0 Å². The lowest BCUT2D eigenvalue weighted by Gasteiger charge is -2.09. The highest BCUT2D eigenvalue weighted by molar-refractivity contribution is 7.84. The van der Waals surface area contributed by atoms with Gasteiger partial charge in [0.2, 0.25) is 0 Å². The summed E-state index contributed by atoms with van der Waals surface area (Å²) in [7, 11) is -1.27. The Bertz CT molecular complexity index is 796. The first kappa shape index (κ1) is 14.7. The number of para-hydroxylation sites is 2. The van der Waals surface area contributed by atoms with E-state index in [0.29, 0.717) is 17.5 Å². The molecule has 1 aromatic carbocycles. The first-order valence-electron chi connectivity index (χ1n) is 7.09. The van der Waals surface area contributed by atoms with Crippen molar-refractivity contribution in [3.05, 3.63) is 47.8 Å². The Labute approximate surface area is 131 Å². The van der Waals surface area contributed by atoms with Gasteiger partial charge in [0.05, 0.1) is 39.9 Å². The van der Waals surface area contributed by atoms with Crippen LogP contribution in [-0.2, 0) is 16.6 Å². The fourth-order valence-electron chi connectivity index (χ4n) is 2.25. The average molecular weight is 315 g/mol. The molecule has 2 aromatic heterocycles. The lowest BCUT2D eigenvalue weighted by molar-refractivity contribution is 0.337. The maximum Gasteiger partial charge on any atom is 0.197 e. The van der Waals surface area contributed by atoms with Gasteiger partial charge in [-0.05, 0) is 32.0 Å². The molecular formula is C16H17N3O2S. The van der Waals surface area contributed by atoms with E-state index < -0.39 is 10.8 Å². The summed E-state index contributed by atoms with van der Waals surface area (Å²) < 4.78 is 18.1. The number of rotatable bonds is 5. The zero-order valence-corrected chi connectivity index (χ0v) is 13.3. The van der Waals surface area contributed by atoms with Crippen molar-refractivity contribution in [1.82, 2.24) is 15.0 Å². The van der Waals surface area contributed by atoms with Crippen molar-refractivity contribution in [2.75, 3.05) is 6.61 Å². The SMILES string of the molecule is CCOc1ccnc(CS(=O)c2nc3ccccc3[nH]2)c1C. The Hall–Kier alpha value is -2.21. The van der Waals surface area contributed by atoms with Crippen LogP contribution in [0.25, 0.3) is 11.0 Å². The van der Waals surface area contributed by atoms with E-state index in [-0.39, 0.29) is 0 Å². The normalized spacial score (nSPS) is 12.5. The number of pyridine rings is 1. The Kier molecular flexibility index (Phi) is 4.20. The number of imidazole rings is 1. The summed E-state index contributed by atoms with van der Waals surface area (Å²) in [5.74, 6) is 1.10. The van der Waals surface area contributed by atoms with E-state index in [9.17, 15) is 4.21 Å². The van der Waals surface area contributed by atoms with Gasteiger partial charge in [-0.2, -0.15) is 0 Å². The quantitative estimate of drug-likeness (QED) is 0.786. The van der Waals surface area contributed by atoms with E-state index in [1.807, 2.05) is 44.2 Å². The first-order chi connectivity index (χ1) is 10.7. The molecule has 1 unspecified atom stereocenters. The molecule has 0 aliphatic carbocycles. The topological polar surface area (TPSA) is 67.9 Å². The minimum atomic E-state index is -1.27. The highest BCUT2D eigenvalue weighted by Gasteiger charge is 2.14. The van der Waals surface area contributed by atoms with Crippen molar-refractivity contribution in [3.8, 4) is 5.75 Å². The highest BCUT2D eigenvalue weighted by Crippen LogP contribution is 2.22. The summed E-state index contributed by atoms with van der Waals surface area (Å²) in [5.41, 5.74) is 3.40. The fourth-order valence-corrected chi connectivity index (χ4v) is 3.35. The van der Waals surface area contributed by atoms with Crippen LogP contribution in [0.1, 0.15) is 18.2 Å². The standard InChI is InChI=1S/C16H17N3O2S/c1-3-21-15-8-9-17-14(11(15)2)10-22(20)16-18-12-6-4-5-7-13(12)19-16/h4-9H,3,10H2,1-2H3,(H,18,19). The molecule has 114 valence electrons. The van der Waals surface area contributed by atoms with E-state index >= 15 is 0 Å². The van der Waals surface area contributed by atoms with Gasteiger partial charge >= 0.3 is 0 Å². The molecule has 0 saturated heterocycles. The molecule has 0 aliphatic heterocycles. The number of nitrogens with zero attached hydrogens (tertiary/aromatic N) is 2. The van der Waals surface area contributed by atoms with E-state index in [1.54, 1.807) is 6.20 Å². The third kappa shape index (κ3) is 2.87. The lowest BCUT2D eigenvalue weighted by atomic mass is 10.2.